The number of benzene rings is 1. The fourth-order valence-corrected chi connectivity index (χ4v) is 2.34. The zero-order chi connectivity index (χ0) is 15.7. The highest BCUT2D eigenvalue weighted by atomic mass is 16.5. The van der Waals surface area contributed by atoms with Crippen LogP contribution in [0.2, 0.25) is 0 Å². The number of hydrogen-bond donors (Lipinski definition) is 2. The normalized spacial score (nSPS) is 12.6. The van der Waals surface area contributed by atoms with Crippen molar-refractivity contribution >= 4 is 5.69 Å². The average molecular weight is 294 g/mol. The molecular weight excluding hydrogens is 264 g/mol. The van der Waals surface area contributed by atoms with Crippen LogP contribution in [0.25, 0.3) is 0 Å². The van der Waals surface area contributed by atoms with Crippen molar-refractivity contribution < 1.29 is 9.84 Å². The summed E-state index contributed by atoms with van der Waals surface area (Å²) >= 11 is 0. The van der Waals surface area contributed by atoms with Gasteiger partial charge < -0.3 is 20.5 Å². The minimum atomic E-state index is -0.473. The van der Waals surface area contributed by atoms with Gasteiger partial charge in [0.1, 0.15) is 5.75 Å². The Kier molecular flexibility index (Phi) is 8.16. The molecule has 0 aromatic heterocycles. The van der Waals surface area contributed by atoms with Crippen LogP contribution in [0.4, 0.5) is 5.69 Å². The molecule has 0 aliphatic carbocycles. The summed E-state index contributed by atoms with van der Waals surface area (Å²) in [4.78, 5) is 2.38. The van der Waals surface area contributed by atoms with Crippen LogP contribution in [-0.2, 0) is 0 Å². The number of aliphatic hydroxyl groups excluding tert-OH is 1. The van der Waals surface area contributed by atoms with Gasteiger partial charge in [-0.2, -0.15) is 0 Å². The Morgan fingerprint density at radius 3 is 2.57 bits per heavy atom. The van der Waals surface area contributed by atoms with Crippen LogP contribution in [0, 0.1) is 0 Å². The molecule has 0 spiro atoms. The molecule has 0 saturated carbocycles. The second-order valence-corrected chi connectivity index (χ2v) is 5.32. The highest BCUT2D eigenvalue weighted by Gasteiger charge is 2.12. The van der Waals surface area contributed by atoms with E-state index in [-0.39, 0.29) is 0 Å². The van der Waals surface area contributed by atoms with Gasteiger partial charge in [-0.05, 0) is 50.6 Å². The SMILES string of the molecule is CCCCN(CC)CCC(O)c1ccc(OCC)c(N)c1. The van der Waals surface area contributed by atoms with Crippen LogP contribution in [-0.4, -0.2) is 36.2 Å². The standard InChI is InChI=1S/C17H30N2O2/c1-4-7-11-19(5-2)12-10-16(20)14-8-9-17(21-6-3)15(18)13-14/h8-9,13,16,20H,4-7,10-12,18H2,1-3H3. The summed E-state index contributed by atoms with van der Waals surface area (Å²) < 4.78 is 5.42. The van der Waals surface area contributed by atoms with Crippen molar-refractivity contribution in [2.75, 3.05) is 32.0 Å². The first-order valence-electron chi connectivity index (χ1n) is 8.04. The third-order valence-corrected chi connectivity index (χ3v) is 3.71. The number of hydrogen-bond acceptors (Lipinski definition) is 4. The molecule has 0 saturated heterocycles. The lowest BCUT2D eigenvalue weighted by Crippen LogP contribution is -2.26. The minimum Gasteiger partial charge on any atom is -0.492 e. The van der Waals surface area contributed by atoms with Gasteiger partial charge in [-0.15, -0.1) is 0 Å². The molecule has 0 heterocycles. The second-order valence-electron chi connectivity index (χ2n) is 5.32. The smallest absolute Gasteiger partial charge is 0.142 e. The molecular formula is C17H30N2O2. The lowest BCUT2D eigenvalue weighted by Gasteiger charge is -2.22. The molecule has 4 heteroatoms. The summed E-state index contributed by atoms with van der Waals surface area (Å²) in [6.45, 7) is 9.92. The predicted molar refractivity (Wildman–Crippen MR) is 88.6 cm³/mol. The zero-order valence-corrected chi connectivity index (χ0v) is 13.6. The summed E-state index contributed by atoms with van der Waals surface area (Å²) in [6, 6.07) is 5.55. The molecule has 1 rings (SSSR count). The molecule has 120 valence electrons. The molecule has 1 aromatic rings. The Balaban J connectivity index is 2.54. The van der Waals surface area contributed by atoms with Crippen LogP contribution < -0.4 is 10.5 Å². The number of nitrogens with two attached hydrogens (primary N) is 1. The largest absolute Gasteiger partial charge is 0.492 e. The van der Waals surface area contributed by atoms with Gasteiger partial charge in [-0.1, -0.05) is 26.3 Å². The van der Waals surface area contributed by atoms with Gasteiger partial charge in [-0.3, -0.25) is 0 Å². The van der Waals surface area contributed by atoms with Crippen molar-refractivity contribution in [1.82, 2.24) is 4.90 Å². The molecule has 0 bridgehead atoms. The first-order valence-corrected chi connectivity index (χ1v) is 8.04. The Morgan fingerprint density at radius 1 is 1.24 bits per heavy atom. The quantitative estimate of drug-likeness (QED) is 0.651. The van der Waals surface area contributed by atoms with Crippen molar-refractivity contribution in [2.45, 2.75) is 46.1 Å². The van der Waals surface area contributed by atoms with E-state index < -0.39 is 6.10 Å². The van der Waals surface area contributed by atoms with Crippen LogP contribution in [0.1, 0.15) is 51.7 Å². The molecule has 1 unspecified atom stereocenters. The second kappa shape index (κ2) is 9.64. The van der Waals surface area contributed by atoms with E-state index in [1.165, 1.54) is 12.8 Å². The number of anilines is 1. The maximum atomic E-state index is 10.3. The highest BCUT2D eigenvalue weighted by Crippen LogP contribution is 2.27. The van der Waals surface area contributed by atoms with E-state index >= 15 is 0 Å². The van der Waals surface area contributed by atoms with Crippen LogP contribution in [0.15, 0.2) is 18.2 Å². The monoisotopic (exact) mass is 294 g/mol. The van der Waals surface area contributed by atoms with E-state index in [4.69, 9.17) is 10.5 Å². The first-order chi connectivity index (χ1) is 10.1. The van der Waals surface area contributed by atoms with E-state index in [2.05, 4.69) is 18.7 Å². The number of ether oxygens (including phenoxy) is 1. The van der Waals surface area contributed by atoms with Gasteiger partial charge in [0.15, 0.2) is 0 Å². The number of aliphatic hydroxyl groups is 1. The van der Waals surface area contributed by atoms with E-state index in [9.17, 15) is 5.11 Å². The molecule has 0 aliphatic heterocycles. The van der Waals surface area contributed by atoms with E-state index in [0.29, 0.717) is 18.0 Å². The van der Waals surface area contributed by atoms with Gasteiger partial charge in [0, 0.05) is 6.54 Å². The Morgan fingerprint density at radius 2 is 2.00 bits per heavy atom. The molecule has 0 amide bonds. The summed E-state index contributed by atoms with van der Waals surface area (Å²) in [5, 5.41) is 10.3. The van der Waals surface area contributed by atoms with Gasteiger partial charge in [0.05, 0.1) is 18.4 Å². The Labute approximate surface area is 128 Å². The number of rotatable bonds is 10. The molecule has 21 heavy (non-hydrogen) atoms. The fraction of sp³-hybridized carbons (Fsp3) is 0.647. The highest BCUT2D eigenvalue weighted by molar-refractivity contribution is 5.54. The third-order valence-electron chi connectivity index (χ3n) is 3.71. The molecule has 1 aromatic carbocycles. The summed E-state index contributed by atoms with van der Waals surface area (Å²) in [7, 11) is 0. The lowest BCUT2D eigenvalue weighted by molar-refractivity contribution is 0.143. The zero-order valence-electron chi connectivity index (χ0n) is 13.6. The predicted octanol–water partition coefficient (Wildman–Crippen LogP) is 3.21. The summed E-state index contributed by atoms with van der Waals surface area (Å²) in [5.41, 5.74) is 7.40. The molecule has 1 atom stereocenters. The summed E-state index contributed by atoms with van der Waals surface area (Å²) in [6.07, 6.45) is 2.66. The van der Waals surface area contributed by atoms with Gasteiger partial charge >= 0.3 is 0 Å². The van der Waals surface area contributed by atoms with E-state index in [1.54, 1.807) is 0 Å². The van der Waals surface area contributed by atoms with E-state index in [1.807, 2.05) is 25.1 Å². The van der Waals surface area contributed by atoms with Crippen molar-refractivity contribution in [3.63, 3.8) is 0 Å². The Bertz CT molecular complexity index is 410. The number of nitrogens with zero attached hydrogens (tertiary/aromatic N) is 1. The van der Waals surface area contributed by atoms with Crippen LogP contribution in [0.3, 0.4) is 0 Å². The van der Waals surface area contributed by atoms with Crippen molar-refractivity contribution in [3.8, 4) is 5.75 Å². The van der Waals surface area contributed by atoms with Crippen molar-refractivity contribution in [3.05, 3.63) is 23.8 Å². The molecule has 0 radical (unpaired) electrons. The molecule has 0 fully saturated rings. The third kappa shape index (κ3) is 5.94. The topological polar surface area (TPSA) is 58.7 Å². The number of unbranched alkanes of at least 4 members (excludes halogenated alkanes) is 1. The van der Waals surface area contributed by atoms with Crippen LogP contribution >= 0.6 is 0 Å². The minimum absolute atomic E-state index is 0.473. The van der Waals surface area contributed by atoms with Gasteiger partial charge in [-0.25, -0.2) is 0 Å². The maximum Gasteiger partial charge on any atom is 0.142 e. The fourth-order valence-electron chi connectivity index (χ4n) is 2.34. The van der Waals surface area contributed by atoms with Crippen molar-refractivity contribution in [1.29, 1.82) is 0 Å². The van der Waals surface area contributed by atoms with Crippen LogP contribution in [0.5, 0.6) is 5.75 Å². The molecule has 0 aliphatic rings. The van der Waals surface area contributed by atoms with Crippen molar-refractivity contribution in [2.24, 2.45) is 0 Å². The summed E-state index contributed by atoms with van der Waals surface area (Å²) in [5.74, 6) is 0.687. The lowest BCUT2D eigenvalue weighted by atomic mass is 10.1. The number of nitrogen functional groups attached to an aromatic ring is 1. The Hall–Kier alpha value is -1.26. The molecule has 3 N–H and O–H groups in total. The van der Waals surface area contributed by atoms with Gasteiger partial charge in [0.2, 0.25) is 0 Å². The van der Waals surface area contributed by atoms with Gasteiger partial charge in [0.25, 0.3) is 0 Å². The van der Waals surface area contributed by atoms with E-state index in [0.717, 1.165) is 31.6 Å². The average Bonchev–Trinajstić information content (AvgIpc) is 2.49. The molecule has 4 nitrogen and oxygen atoms in total. The first kappa shape index (κ1) is 17.8. The maximum absolute atomic E-state index is 10.3.